The van der Waals surface area contributed by atoms with E-state index in [4.69, 9.17) is 0 Å². The lowest BCUT2D eigenvalue weighted by molar-refractivity contribution is 0.423. The van der Waals surface area contributed by atoms with E-state index in [1.807, 2.05) is 24.3 Å². The molecule has 2 aliphatic rings. The number of hydrogen-bond acceptors (Lipinski definition) is 3. The van der Waals surface area contributed by atoms with Crippen LogP contribution in [-0.2, 0) is 16.4 Å². The van der Waals surface area contributed by atoms with Crippen LogP contribution in [0.4, 0.5) is 0 Å². The zero-order valence-electron chi connectivity index (χ0n) is 13.2. The van der Waals surface area contributed by atoms with Crippen molar-refractivity contribution in [3.63, 3.8) is 0 Å². The minimum absolute atomic E-state index is 0.398. The molecule has 3 rings (SSSR count). The molecule has 23 heavy (non-hydrogen) atoms. The van der Waals surface area contributed by atoms with Crippen molar-refractivity contribution in [3.8, 4) is 6.07 Å². The Labute approximate surface area is 138 Å². The van der Waals surface area contributed by atoms with Crippen LogP contribution in [0.5, 0.6) is 0 Å². The highest BCUT2D eigenvalue weighted by Crippen LogP contribution is 2.31. The second kappa shape index (κ2) is 6.46. The van der Waals surface area contributed by atoms with Crippen LogP contribution in [0.15, 0.2) is 29.2 Å². The Kier molecular flexibility index (Phi) is 4.56. The molecule has 5 heteroatoms. The topological polar surface area (TPSA) is 70.0 Å². The third-order valence-corrected chi connectivity index (χ3v) is 6.53. The van der Waals surface area contributed by atoms with E-state index in [2.05, 4.69) is 10.8 Å². The highest BCUT2D eigenvalue weighted by atomic mass is 32.2. The highest BCUT2D eigenvalue weighted by Gasteiger charge is 2.36. The molecule has 0 atom stereocenters. The van der Waals surface area contributed by atoms with E-state index in [1.165, 1.54) is 5.56 Å². The largest absolute Gasteiger partial charge is 0.238 e. The normalized spacial score (nSPS) is 20.7. The summed E-state index contributed by atoms with van der Waals surface area (Å²) < 4.78 is 28.4. The summed E-state index contributed by atoms with van der Waals surface area (Å²) in [4.78, 5) is 0.398. The van der Waals surface area contributed by atoms with Crippen LogP contribution in [0, 0.1) is 11.3 Å². The third-order valence-electron chi connectivity index (χ3n) is 4.86. The Bertz CT molecular complexity index is 751. The molecular weight excluding hydrogens is 308 g/mol. The average molecular weight is 330 g/mol. The van der Waals surface area contributed by atoms with Gasteiger partial charge in [-0.1, -0.05) is 49.9 Å². The quantitative estimate of drug-likeness (QED) is 0.862. The van der Waals surface area contributed by atoms with Gasteiger partial charge in [-0.3, -0.25) is 0 Å². The number of nitriles is 1. The average Bonchev–Trinajstić information content (AvgIpc) is 2.80. The first-order chi connectivity index (χ1) is 11.0. The van der Waals surface area contributed by atoms with Crippen LogP contribution in [0.1, 0.15) is 56.1 Å². The molecule has 4 nitrogen and oxygen atoms in total. The zero-order valence-corrected chi connectivity index (χ0v) is 14.0. The van der Waals surface area contributed by atoms with Gasteiger partial charge in [-0.25, -0.2) is 8.42 Å². The number of allylic oxidation sites excluding steroid dienone is 1. The van der Waals surface area contributed by atoms with Crippen molar-refractivity contribution in [3.05, 3.63) is 40.3 Å². The number of rotatable bonds is 3. The van der Waals surface area contributed by atoms with Gasteiger partial charge in [0.25, 0.3) is 0 Å². The van der Waals surface area contributed by atoms with Gasteiger partial charge in [0, 0.05) is 0 Å². The molecule has 0 unspecified atom stereocenters. The second-order valence-corrected chi connectivity index (χ2v) is 8.26. The second-order valence-electron chi connectivity index (χ2n) is 6.52. The number of hydrogen-bond donors (Lipinski definition) is 1. The molecule has 1 aromatic carbocycles. The predicted molar refractivity (Wildman–Crippen MR) is 90.8 cm³/mol. The van der Waals surface area contributed by atoms with Gasteiger partial charge in [0.05, 0.1) is 11.0 Å². The van der Waals surface area contributed by atoms with Crippen LogP contribution < -0.4 is 4.72 Å². The Morgan fingerprint density at radius 3 is 2.43 bits per heavy atom. The maximum Gasteiger partial charge on any atom is 0.238 e. The summed E-state index contributed by atoms with van der Waals surface area (Å²) in [5.74, 6) is 0. The molecule has 0 radical (unpaired) electrons. The molecule has 1 aromatic rings. The number of fused-ring (bicyclic) bond motifs is 1. The van der Waals surface area contributed by atoms with Crippen LogP contribution in [0.3, 0.4) is 0 Å². The molecule has 0 aliphatic heterocycles. The van der Waals surface area contributed by atoms with Gasteiger partial charge in [0.15, 0.2) is 0 Å². The molecular formula is C18H22N2O2S. The SMILES string of the molecule is N#CC1(NS(=O)(=O)C2=Cc3ccccc3CC2)CCCCCC1. The minimum atomic E-state index is -3.62. The monoisotopic (exact) mass is 330 g/mol. The zero-order chi connectivity index (χ0) is 16.3. The molecule has 1 fully saturated rings. The molecule has 0 amide bonds. The first-order valence-electron chi connectivity index (χ1n) is 8.28. The smallest absolute Gasteiger partial charge is 0.207 e. The maximum absolute atomic E-state index is 12.8. The van der Waals surface area contributed by atoms with Gasteiger partial charge >= 0.3 is 0 Å². The molecule has 1 saturated carbocycles. The molecule has 1 N–H and O–H groups in total. The van der Waals surface area contributed by atoms with Gasteiger partial charge < -0.3 is 0 Å². The Hall–Kier alpha value is -1.64. The third kappa shape index (κ3) is 3.49. The Morgan fingerprint density at radius 1 is 1.04 bits per heavy atom. The number of aryl methyl sites for hydroxylation is 1. The molecule has 122 valence electrons. The van der Waals surface area contributed by atoms with Crippen LogP contribution in [-0.4, -0.2) is 14.0 Å². The number of nitrogens with one attached hydrogen (secondary N) is 1. The fraction of sp³-hybridized carbons (Fsp3) is 0.500. The van der Waals surface area contributed by atoms with Crippen LogP contribution in [0.25, 0.3) is 6.08 Å². The lowest BCUT2D eigenvalue weighted by Gasteiger charge is -2.27. The lowest BCUT2D eigenvalue weighted by Crippen LogP contribution is -2.47. The van der Waals surface area contributed by atoms with Gasteiger partial charge in [-0.2, -0.15) is 9.98 Å². The highest BCUT2D eigenvalue weighted by molar-refractivity contribution is 7.93. The van der Waals surface area contributed by atoms with Gasteiger partial charge in [-0.15, -0.1) is 0 Å². The van der Waals surface area contributed by atoms with Gasteiger partial charge in [0.2, 0.25) is 10.0 Å². The van der Waals surface area contributed by atoms with Gasteiger partial charge in [-0.05, 0) is 42.9 Å². The summed E-state index contributed by atoms with van der Waals surface area (Å²) in [6.45, 7) is 0. The minimum Gasteiger partial charge on any atom is -0.207 e. The van der Waals surface area contributed by atoms with E-state index in [9.17, 15) is 13.7 Å². The van der Waals surface area contributed by atoms with E-state index in [1.54, 1.807) is 6.08 Å². The Balaban J connectivity index is 1.87. The number of nitrogens with zero attached hydrogens (tertiary/aromatic N) is 1. The van der Waals surface area contributed by atoms with E-state index >= 15 is 0 Å². The van der Waals surface area contributed by atoms with E-state index < -0.39 is 15.6 Å². The van der Waals surface area contributed by atoms with Crippen LogP contribution >= 0.6 is 0 Å². The summed E-state index contributed by atoms with van der Waals surface area (Å²) in [6, 6.07) is 10.1. The first-order valence-corrected chi connectivity index (χ1v) is 9.77. The molecule has 0 bridgehead atoms. The van der Waals surface area contributed by atoms with E-state index in [-0.39, 0.29) is 0 Å². The number of benzene rings is 1. The van der Waals surface area contributed by atoms with Crippen LogP contribution in [0.2, 0.25) is 0 Å². The van der Waals surface area contributed by atoms with Crippen molar-refractivity contribution in [2.45, 2.75) is 56.9 Å². The van der Waals surface area contributed by atoms with Gasteiger partial charge in [0.1, 0.15) is 5.54 Å². The Morgan fingerprint density at radius 2 is 1.74 bits per heavy atom. The van der Waals surface area contributed by atoms with E-state index in [0.29, 0.717) is 24.2 Å². The van der Waals surface area contributed by atoms with Crippen molar-refractivity contribution in [2.24, 2.45) is 0 Å². The van der Waals surface area contributed by atoms with Crippen molar-refractivity contribution in [1.82, 2.24) is 4.72 Å². The summed E-state index contributed by atoms with van der Waals surface area (Å²) in [5.41, 5.74) is 1.20. The fourth-order valence-electron chi connectivity index (χ4n) is 3.51. The molecule has 0 spiro atoms. The lowest BCUT2D eigenvalue weighted by atomic mass is 9.93. The number of sulfonamides is 1. The molecule has 0 aromatic heterocycles. The first kappa shape index (κ1) is 16.2. The summed E-state index contributed by atoms with van der Waals surface area (Å²) in [6.07, 6.45) is 8.12. The van der Waals surface area contributed by atoms with Crippen molar-refractivity contribution in [1.29, 1.82) is 5.26 Å². The molecule has 0 heterocycles. The fourth-order valence-corrected chi connectivity index (χ4v) is 5.06. The summed E-state index contributed by atoms with van der Waals surface area (Å²) >= 11 is 0. The van der Waals surface area contributed by atoms with Crippen molar-refractivity contribution < 1.29 is 8.42 Å². The molecule has 0 saturated heterocycles. The van der Waals surface area contributed by atoms with Crippen molar-refractivity contribution >= 4 is 16.1 Å². The molecule has 2 aliphatic carbocycles. The summed E-state index contributed by atoms with van der Waals surface area (Å²) in [5, 5.41) is 9.59. The summed E-state index contributed by atoms with van der Waals surface area (Å²) in [7, 11) is -3.62. The maximum atomic E-state index is 12.8. The van der Waals surface area contributed by atoms with E-state index in [0.717, 1.165) is 37.7 Å². The van der Waals surface area contributed by atoms with Crippen molar-refractivity contribution in [2.75, 3.05) is 0 Å². The standard InChI is InChI=1S/C18H22N2O2S/c19-14-18(11-5-1-2-6-12-18)20-23(21,22)17-10-9-15-7-3-4-8-16(15)13-17/h3-4,7-8,13,20H,1-2,5-6,9-12H2. The predicted octanol–water partition coefficient (Wildman–Crippen LogP) is 3.51.